The molecule has 1 aliphatic rings. The van der Waals surface area contributed by atoms with E-state index in [4.69, 9.17) is 0 Å². The molecule has 0 atom stereocenters. The lowest BCUT2D eigenvalue weighted by Gasteiger charge is -2.11. The summed E-state index contributed by atoms with van der Waals surface area (Å²) in [7, 11) is 0. The van der Waals surface area contributed by atoms with E-state index in [1.165, 1.54) is 30.4 Å². The Morgan fingerprint density at radius 3 is 2.92 bits per heavy atom. The molecule has 0 amide bonds. The van der Waals surface area contributed by atoms with Gasteiger partial charge in [0.15, 0.2) is 0 Å². The summed E-state index contributed by atoms with van der Waals surface area (Å²) in [6.07, 6.45) is 14.2. The van der Waals surface area contributed by atoms with Crippen molar-refractivity contribution >= 4 is 0 Å². The van der Waals surface area contributed by atoms with Crippen LogP contribution in [0.1, 0.15) is 26.2 Å². The smallest absolute Gasteiger partial charge is 0.0276 e. The maximum Gasteiger partial charge on any atom is -0.0276 e. The highest BCUT2D eigenvalue weighted by Gasteiger charge is 2.03. The molecule has 1 aliphatic carbocycles. The standard InChI is InChI=1S/C12H16/c1-3-6-11-8-5-9-12(10-11)7-4-2/h3-4,6-7,10H,1,5,8-9H2,2H3/b7-4+,11-6+. The van der Waals surface area contributed by atoms with E-state index in [1.54, 1.807) is 0 Å². The Labute approximate surface area is 75.0 Å². The molecule has 1 rings (SSSR count). The molecule has 0 saturated carbocycles. The first-order valence-electron chi connectivity index (χ1n) is 4.51. The number of rotatable bonds is 2. The second-order valence-corrected chi connectivity index (χ2v) is 3.05. The van der Waals surface area contributed by atoms with Crippen molar-refractivity contribution in [3.05, 3.63) is 48.1 Å². The van der Waals surface area contributed by atoms with Crippen LogP contribution in [0.5, 0.6) is 0 Å². The highest BCUT2D eigenvalue weighted by atomic mass is 14.1. The van der Waals surface area contributed by atoms with Crippen molar-refractivity contribution in [3.63, 3.8) is 0 Å². The van der Waals surface area contributed by atoms with Gasteiger partial charge in [-0.3, -0.25) is 0 Å². The van der Waals surface area contributed by atoms with Crippen LogP contribution in [-0.2, 0) is 0 Å². The Bertz CT molecular complexity index is 239. The van der Waals surface area contributed by atoms with Crippen molar-refractivity contribution in [2.45, 2.75) is 26.2 Å². The van der Waals surface area contributed by atoms with Gasteiger partial charge >= 0.3 is 0 Å². The van der Waals surface area contributed by atoms with Crippen LogP contribution in [0.2, 0.25) is 0 Å². The minimum atomic E-state index is 1.20. The minimum absolute atomic E-state index is 1.20. The molecule has 0 bridgehead atoms. The minimum Gasteiger partial charge on any atom is -0.0991 e. The summed E-state index contributed by atoms with van der Waals surface area (Å²) in [5.74, 6) is 0. The fraction of sp³-hybridized carbons (Fsp3) is 0.333. The predicted octanol–water partition coefficient (Wildman–Crippen LogP) is 3.79. The first-order chi connectivity index (χ1) is 5.86. The largest absolute Gasteiger partial charge is 0.0991 e. The first-order valence-corrected chi connectivity index (χ1v) is 4.51. The van der Waals surface area contributed by atoms with E-state index in [2.05, 4.69) is 37.8 Å². The summed E-state index contributed by atoms with van der Waals surface area (Å²) >= 11 is 0. The van der Waals surface area contributed by atoms with E-state index in [0.717, 1.165) is 0 Å². The van der Waals surface area contributed by atoms with E-state index in [-0.39, 0.29) is 0 Å². The summed E-state index contributed by atoms with van der Waals surface area (Å²) in [6.45, 7) is 5.76. The topological polar surface area (TPSA) is 0 Å². The molecule has 0 fully saturated rings. The van der Waals surface area contributed by atoms with E-state index in [9.17, 15) is 0 Å². The van der Waals surface area contributed by atoms with Crippen molar-refractivity contribution in [1.29, 1.82) is 0 Å². The van der Waals surface area contributed by atoms with E-state index >= 15 is 0 Å². The van der Waals surface area contributed by atoms with Gasteiger partial charge in [0.2, 0.25) is 0 Å². The van der Waals surface area contributed by atoms with Crippen molar-refractivity contribution in [2.24, 2.45) is 0 Å². The van der Waals surface area contributed by atoms with Gasteiger partial charge in [0.25, 0.3) is 0 Å². The van der Waals surface area contributed by atoms with Gasteiger partial charge in [-0.2, -0.15) is 0 Å². The van der Waals surface area contributed by atoms with Crippen LogP contribution < -0.4 is 0 Å². The van der Waals surface area contributed by atoms with Crippen LogP contribution in [0.4, 0.5) is 0 Å². The number of hydrogen-bond donors (Lipinski definition) is 0. The molecule has 64 valence electrons. The fourth-order valence-corrected chi connectivity index (χ4v) is 1.51. The van der Waals surface area contributed by atoms with Gasteiger partial charge in [-0.1, -0.05) is 37.0 Å². The van der Waals surface area contributed by atoms with Gasteiger partial charge in [0.1, 0.15) is 0 Å². The van der Waals surface area contributed by atoms with Gasteiger partial charge in [0, 0.05) is 0 Å². The molecule has 0 heterocycles. The van der Waals surface area contributed by atoms with Gasteiger partial charge in [-0.15, -0.1) is 0 Å². The Morgan fingerprint density at radius 1 is 1.42 bits per heavy atom. The van der Waals surface area contributed by atoms with E-state index in [1.807, 2.05) is 6.08 Å². The van der Waals surface area contributed by atoms with Crippen LogP contribution in [0.15, 0.2) is 48.1 Å². The summed E-state index contributed by atoms with van der Waals surface area (Å²) < 4.78 is 0. The SMILES string of the molecule is C=C/C=C1C=C(/C=C/C)CCC/1. The Hall–Kier alpha value is -1.04. The zero-order chi connectivity index (χ0) is 8.81. The van der Waals surface area contributed by atoms with Crippen LogP contribution in [0.25, 0.3) is 0 Å². The zero-order valence-electron chi connectivity index (χ0n) is 7.72. The second kappa shape index (κ2) is 4.76. The molecular formula is C12H16. The van der Waals surface area contributed by atoms with Crippen LogP contribution in [0.3, 0.4) is 0 Å². The van der Waals surface area contributed by atoms with Crippen molar-refractivity contribution in [1.82, 2.24) is 0 Å². The molecule has 0 N–H and O–H groups in total. The second-order valence-electron chi connectivity index (χ2n) is 3.05. The van der Waals surface area contributed by atoms with Crippen LogP contribution in [-0.4, -0.2) is 0 Å². The molecular weight excluding hydrogens is 144 g/mol. The van der Waals surface area contributed by atoms with Gasteiger partial charge in [0.05, 0.1) is 0 Å². The molecule has 0 heteroatoms. The maximum atomic E-state index is 3.70. The average Bonchev–Trinajstić information content (AvgIpc) is 2.06. The molecule has 0 saturated heterocycles. The molecule has 0 aliphatic heterocycles. The first kappa shape index (κ1) is 9.05. The summed E-state index contributed by atoms with van der Waals surface area (Å²) in [4.78, 5) is 0. The van der Waals surface area contributed by atoms with Gasteiger partial charge < -0.3 is 0 Å². The Kier molecular flexibility index (Phi) is 3.59. The van der Waals surface area contributed by atoms with Crippen molar-refractivity contribution < 1.29 is 0 Å². The number of allylic oxidation sites excluding steroid dienone is 7. The number of hydrogen-bond acceptors (Lipinski definition) is 0. The zero-order valence-corrected chi connectivity index (χ0v) is 7.72. The lowest BCUT2D eigenvalue weighted by molar-refractivity contribution is 0.797. The van der Waals surface area contributed by atoms with Crippen molar-refractivity contribution in [3.8, 4) is 0 Å². The molecule has 0 aromatic heterocycles. The monoisotopic (exact) mass is 160 g/mol. The van der Waals surface area contributed by atoms with Gasteiger partial charge in [-0.25, -0.2) is 0 Å². The normalized spacial score (nSPS) is 21.4. The summed E-state index contributed by atoms with van der Waals surface area (Å²) in [5, 5.41) is 0. The van der Waals surface area contributed by atoms with Crippen molar-refractivity contribution in [2.75, 3.05) is 0 Å². The molecule has 0 aromatic carbocycles. The summed E-state index contributed by atoms with van der Waals surface area (Å²) in [6, 6.07) is 0. The summed E-state index contributed by atoms with van der Waals surface area (Å²) in [5.41, 5.74) is 2.85. The molecule has 0 aromatic rings. The molecule has 0 nitrogen and oxygen atoms in total. The highest BCUT2D eigenvalue weighted by molar-refractivity contribution is 5.34. The molecule has 0 spiro atoms. The maximum absolute atomic E-state index is 3.70. The third kappa shape index (κ3) is 2.54. The molecule has 12 heavy (non-hydrogen) atoms. The Morgan fingerprint density at radius 2 is 2.25 bits per heavy atom. The third-order valence-corrected chi connectivity index (χ3v) is 2.01. The molecule has 0 unspecified atom stereocenters. The third-order valence-electron chi connectivity index (χ3n) is 2.01. The fourth-order valence-electron chi connectivity index (χ4n) is 1.51. The van der Waals surface area contributed by atoms with E-state index < -0.39 is 0 Å². The molecule has 0 radical (unpaired) electrons. The highest BCUT2D eigenvalue weighted by Crippen LogP contribution is 2.22. The van der Waals surface area contributed by atoms with Crippen LogP contribution in [0, 0.1) is 0 Å². The lowest BCUT2D eigenvalue weighted by Crippen LogP contribution is -1.91. The average molecular weight is 160 g/mol. The Balaban J connectivity index is 2.76. The predicted molar refractivity (Wildman–Crippen MR) is 55.0 cm³/mol. The van der Waals surface area contributed by atoms with Crippen LogP contribution >= 0.6 is 0 Å². The quantitative estimate of drug-likeness (QED) is 0.576. The van der Waals surface area contributed by atoms with Gasteiger partial charge in [-0.05, 0) is 37.3 Å². The lowest BCUT2D eigenvalue weighted by atomic mass is 9.95. The van der Waals surface area contributed by atoms with E-state index in [0.29, 0.717) is 0 Å².